The molecular weight excluding hydrogens is 710 g/mol. The molecule has 2 aliphatic heterocycles. The summed E-state index contributed by atoms with van der Waals surface area (Å²) in [5.41, 5.74) is -0.727. The summed E-state index contributed by atoms with van der Waals surface area (Å²) in [6.45, 7) is 1.34. The fourth-order valence-electron chi connectivity index (χ4n) is 5.76. The lowest BCUT2D eigenvalue weighted by molar-refractivity contribution is -0.137. The third-order valence-corrected chi connectivity index (χ3v) is 11.4. The Morgan fingerprint density at radius 2 is 1.76 bits per heavy atom. The zero-order valence-electron chi connectivity index (χ0n) is 25.1. The maximum absolute atomic E-state index is 14.1. The van der Waals surface area contributed by atoms with E-state index in [0.717, 1.165) is 39.8 Å². The molecule has 2 aliphatic rings. The van der Waals surface area contributed by atoms with E-state index in [2.05, 4.69) is 5.32 Å². The number of phenolic OH excluding ortho intramolecular Hbond substituents is 1. The summed E-state index contributed by atoms with van der Waals surface area (Å²) in [6, 6.07) is 13.2. The Hall–Kier alpha value is -4.65. The van der Waals surface area contributed by atoms with Crippen LogP contribution in [0, 0.1) is 5.92 Å². The van der Waals surface area contributed by atoms with Gasteiger partial charge >= 0.3 is 11.0 Å². The number of imide groups is 1. The molecule has 0 bridgehead atoms. The number of fused-ring (bicyclic) bond motifs is 2. The molecule has 1 aromatic heterocycles. The van der Waals surface area contributed by atoms with E-state index in [0.29, 0.717) is 21.4 Å². The Morgan fingerprint density at radius 3 is 2.41 bits per heavy atom. The highest BCUT2D eigenvalue weighted by atomic mass is 32.2. The SMILES string of the molecule is CCOc1cc([C@@H]2c3sc(=O)n(CC(=O)Nc4ccc(S(N)(=O)=O)cc4)c3S[C@@H]3C(=O)N(c4cccc(C(F)(F)F)c4)C(=O)[C@H]23)ccc1O. The van der Waals surface area contributed by atoms with Crippen LogP contribution in [0.3, 0.4) is 0 Å². The number of anilines is 2. The van der Waals surface area contributed by atoms with Gasteiger partial charge in [0.15, 0.2) is 11.5 Å². The fraction of sp³-hybridized carbons (Fsp3) is 0.226. The lowest BCUT2D eigenvalue weighted by Crippen LogP contribution is -2.33. The molecule has 0 spiro atoms. The molecule has 3 atom stereocenters. The van der Waals surface area contributed by atoms with E-state index >= 15 is 0 Å². The molecule has 0 aliphatic carbocycles. The second-order valence-electron chi connectivity index (χ2n) is 11.0. The summed E-state index contributed by atoms with van der Waals surface area (Å²) in [5, 5.41) is 17.1. The molecule has 6 rings (SSSR count). The lowest BCUT2D eigenvalue weighted by atomic mass is 9.83. The Labute approximate surface area is 284 Å². The number of alkyl halides is 3. The predicted molar refractivity (Wildman–Crippen MR) is 173 cm³/mol. The second-order valence-corrected chi connectivity index (χ2v) is 14.7. The smallest absolute Gasteiger partial charge is 0.416 e. The van der Waals surface area contributed by atoms with Gasteiger partial charge in [-0.3, -0.25) is 23.7 Å². The average Bonchev–Trinajstić information content (AvgIpc) is 3.47. The van der Waals surface area contributed by atoms with Crippen LogP contribution in [-0.4, -0.2) is 47.7 Å². The van der Waals surface area contributed by atoms with Gasteiger partial charge in [-0.1, -0.05) is 35.2 Å². The number of thioether (sulfide) groups is 1. The normalized spacial score (nSPS) is 19.0. The summed E-state index contributed by atoms with van der Waals surface area (Å²) in [6.07, 6.45) is -4.74. The van der Waals surface area contributed by atoms with E-state index < -0.39 is 68.0 Å². The van der Waals surface area contributed by atoms with Crippen LogP contribution >= 0.6 is 23.1 Å². The van der Waals surface area contributed by atoms with Crippen molar-refractivity contribution in [3.8, 4) is 11.5 Å². The van der Waals surface area contributed by atoms with Crippen LogP contribution in [0.5, 0.6) is 11.5 Å². The second kappa shape index (κ2) is 12.7. The number of aromatic nitrogens is 1. The Morgan fingerprint density at radius 1 is 1.04 bits per heavy atom. The van der Waals surface area contributed by atoms with Crippen molar-refractivity contribution in [2.75, 3.05) is 16.8 Å². The molecule has 3 amide bonds. The molecule has 3 aromatic carbocycles. The van der Waals surface area contributed by atoms with Crippen molar-refractivity contribution in [3.63, 3.8) is 0 Å². The predicted octanol–water partition coefficient (Wildman–Crippen LogP) is 4.11. The van der Waals surface area contributed by atoms with Crippen molar-refractivity contribution in [3.05, 3.63) is 92.4 Å². The summed E-state index contributed by atoms with van der Waals surface area (Å²) >= 11 is 1.61. The van der Waals surface area contributed by atoms with Crippen molar-refractivity contribution in [2.45, 2.75) is 40.7 Å². The number of hydrogen-bond acceptors (Lipinski definition) is 10. The topological polar surface area (TPSA) is 178 Å². The Kier molecular flexibility index (Phi) is 8.85. The van der Waals surface area contributed by atoms with E-state index in [1.54, 1.807) is 6.92 Å². The molecule has 0 unspecified atom stereocenters. The number of benzene rings is 3. The molecule has 4 aromatic rings. The number of amides is 3. The van der Waals surface area contributed by atoms with Crippen LogP contribution in [0.2, 0.25) is 0 Å². The number of rotatable bonds is 8. The number of carbonyl (C=O) groups is 3. The molecular formula is C31H25F3N4O8S3. The number of hydrogen-bond donors (Lipinski definition) is 3. The van der Waals surface area contributed by atoms with Gasteiger partial charge in [-0.2, -0.15) is 13.2 Å². The van der Waals surface area contributed by atoms with Crippen molar-refractivity contribution in [1.29, 1.82) is 0 Å². The van der Waals surface area contributed by atoms with Crippen LogP contribution in [0.25, 0.3) is 0 Å². The van der Waals surface area contributed by atoms with Crippen molar-refractivity contribution in [1.82, 2.24) is 4.57 Å². The lowest BCUT2D eigenvalue weighted by Gasteiger charge is -2.31. The number of ether oxygens (including phenoxy) is 1. The van der Waals surface area contributed by atoms with Gasteiger partial charge in [0.2, 0.25) is 27.7 Å². The number of nitrogens with one attached hydrogen (secondary N) is 1. The highest BCUT2D eigenvalue weighted by molar-refractivity contribution is 8.00. The third-order valence-electron chi connectivity index (χ3n) is 7.89. The van der Waals surface area contributed by atoms with Gasteiger partial charge in [-0.05, 0) is 67.1 Å². The molecule has 49 heavy (non-hydrogen) atoms. The number of halogens is 3. The standard InChI is InChI=1S/C31H25F3N4O8S3/c1-2-46-21-12-15(6-11-20(21)39)23-24-25(28(42)38(27(24)41)18-5-3-4-16(13-18)31(32,33)34)47-29-26(23)48-30(43)37(29)14-22(40)36-17-7-9-19(10-8-17)49(35,44)45/h3-13,23-25,39H,2,14H2,1H3,(H,36,40)(H2,35,44,45)/t23-,24+,25-/m0/s1. The van der Waals surface area contributed by atoms with Gasteiger partial charge in [0.1, 0.15) is 11.8 Å². The van der Waals surface area contributed by atoms with Gasteiger partial charge in [0, 0.05) is 16.5 Å². The number of phenols is 1. The summed E-state index contributed by atoms with van der Waals surface area (Å²) in [5.74, 6) is -4.54. The first-order valence-corrected chi connectivity index (χ1v) is 17.7. The number of thiazole rings is 1. The van der Waals surface area contributed by atoms with Crippen LogP contribution < -0.4 is 25.0 Å². The highest BCUT2D eigenvalue weighted by Crippen LogP contribution is 2.54. The maximum atomic E-state index is 14.1. The molecule has 18 heteroatoms. The molecule has 256 valence electrons. The number of carbonyl (C=O) groups excluding carboxylic acids is 3. The zero-order valence-corrected chi connectivity index (χ0v) is 27.6. The first-order valence-electron chi connectivity index (χ1n) is 14.4. The highest BCUT2D eigenvalue weighted by Gasteiger charge is 2.57. The Balaban J connectivity index is 1.40. The maximum Gasteiger partial charge on any atom is 0.416 e. The molecule has 1 fully saturated rings. The molecule has 0 saturated carbocycles. The third kappa shape index (κ3) is 6.43. The minimum absolute atomic E-state index is 0.0717. The van der Waals surface area contributed by atoms with Crippen molar-refractivity contribution in [2.24, 2.45) is 11.1 Å². The van der Waals surface area contributed by atoms with Crippen molar-refractivity contribution >= 4 is 62.2 Å². The minimum Gasteiger partial charge on any atom is -0.504 e. The van der Waals surface area contributed by atoms with E-state index in [4.69, 9.17) is 9.88 Å². The van der Waals surface area contributed by atoms with E-state index in [1.165, 1.54) is 48.5 Å². The average molecular weight is 735 g/mol. The number of aromatic hydroxyl groups is 1. The number of nitrogens with zero attached hydrogens (tertiary/aromatic N) is 2. The molecule has 0 radical (unpaired) electrons. The summed E-state index contributed by atoms with van der Waals surface area (Å²) < 4.78 is 70.5. The minimum atomic E-state index is -4.74. The van der Waals surface area contributed by atoms with Gasteiger partial charge < -0.3 is 15.2 Å². The zero-order chi connectivity index (χ0) is 35.4. The largest absolute Gasteiger partial charge is 0.504 e. The van der Waals surface area contributed by atoms with E-state index in [1.807, 2.05) is 0 Å². The number of sulfonamides is 1. The number of nitrogens with two attached hydrogens (primary N) is 1. The van der Waals surface area contributed by atoms with Crippen LogP contribution in [0.4, 0.5) is 24.5 Å². The molecule has 12 nitrogen and oxygen atoms in total. The van der Waals surface area contributed by atoms with E-state index in [-0.39, 0.29) is 39.4 Å². The summed E-state index contributed by atoms with van der Waals surface area (Å²) in [7, 11) is -3.97. The fourth-order valence-corrected chi connectivity index (χ4v) is 9.05. The van der Waals surface area contributed by atoms with Crippen LogP contribution in [0.1, 0.15) is 28.8 Å². The quantitative estimate of drug-likeness (QED) is 0.225. The molecule has 4 N–H and O–H groups in total. The Bertz CT molecular complexity index is 2170. The van der Waals surface area contributed by atoms with E-state index in [9.17, 15) is 45.9 Å². The number of primary sulfonamides is 1. The first kappa shape index (κ1) is 34.2. The van der Waals surface area contributed by atoms with Gasteiger partial charge in [0.05, 0.1) is 33.7 Å². The van der Waals surface area contributed by atoms with Crippen LogP contribution in [-0.2, 0) is 37.1 Å². The van der Waals surface area contributed by atoms with Gasteiger partial charge in [-0.15, -0.1) is 0 Å². The van der Waals surface area contributed by atoms with Gasteiger partial charge in [-0.25, -0.2) is 18.5 Å². The van der Waals surface area contributed by atoms with Crippen LogP contribution in [0.15, 0.2) is 81.4 Å². The van der Waals surface area contributed by atoms with Crippen molar-refractivity contribution < 1.29 is 45.8 Å². The van der Waals surface area contributed by atoms with Gasteiger partial charge in [0.25, 0.3) is 0 Å². The summed E-state index contributed by atoms with van der Waals surface area (Å²) in [4.78, 5) is 54.8. The monoisotopic (exact) mass is 734 g/mol. The first-order chi connectivity index (χ1) is 23.1. The molecule has 3 heterocycles. The molecule has 1 saturated heterocycles.